The highest BCUT2D eigenvalue weighted by molar-refractivity contribution is 5.85. The van der Waals surface area contributed by atoms with Crippen molar-refractivity contribution in [2.45, 2.75) is 44.9 Å². The summed E-state index contributed by atoms with van der Waals surface area (Å²) in [6, 6.07) is 0. The van der Waals surface area contributed by atoms with Crippen molar-refractivity contribution in [2.24, 2.45) is 17.3 Å². The molecule has 1 heterocycles. The number of likely N-dealkylation sites (tertiary alicyclic amines) is 1. The van der Waals surface area contributed by atoms with Gasteiger partial charge in [0.15, 0.2) is 0 Å². The second-order valence-corrected chi connectivity index (χ2v) is 6.37. The minimum absolute atomic E-state index is 0.0755. The lowest BCUT2D eigenvalue weighted by Gasteiger charge is -2.38. The minimum Gasteiger partial charge on any atom is -0.481 e. The van der Waals surface area contributed by atoms with Crippen LogP contribution in [0, 0.1) is 17.3 Å². The first kappa shape index (κ1) is 12.0. The number of amides is 1. The molecule has 2 saturated carbocycles. The molecule has 18 heavy (non-hydrogen) atoms. The molecule has 2 unspecified atom stereocenters. The zero-order chi connectivity index (χ0) is 12.8. The van der Waals surface area contributed by atoms with Crippen molar-refractivity contribution in [3.05, 3.63) is 0 Å². The molecule has 4 heteroatoms. The Labute approximate surface area is 107 Å². The van der Waals surface area contributed by atoms with Gasteiger partial charge in [0.25, 0.3) is 0 Å². The molecule has 0 bridgehead atoms. The third kappa shape index (κ3) is 1.82. The number of carboxylic acids is 1. The highest BCUT2D eigenvalue weighted by Gasteiger charge is 2.48. The Kier molecular flexibility index (Phi) is 2.83. The van der Waals surface area contributed by atoms with Crippen LogP contribution >= 0.6 is 0 Å². The van der Waals surface area contributed by atoms with Crippen LogP contribution in [-0.2, 0) is 9.59 Å². The number of carbonyl (C=O) groups is 2. The number of carbonyl (C=O) groups excluding carboxylic acids is 1. The Bertz CT molecular complexity index is 363. The lowest BCUT2D eigenvalue weighted by molar-refractivity contribution is -0.159. The second kappa shape index (κ2) is 4.25. The molecule has 2 atom stereocenters. The van der Waals surface area contributed by atoms with E-state index in [9.17, 15) is 14.7 Å². The van der Waals surface area contributed by atoms with Crippen molar-refractivity contribution < 1.29 is 14.7 Å². The highest BCUT2D eigenvalue weighted by atomic mass is 16.4. The Balaban J connectivity index is 1.60. The van der Waals surface area contributed by atoms with E-state index in [4.69, 9.17) is 0 Å². The Morgan fingerprint density at radius 1 is 1.11 bits per heavy atom. The number of hydrogen-bond acceptors (Lipinski definition) is 2. The van der Waals surface area contributed by atoms with Crippen molar-refractivity contribution >= 4 is 11.9 Å². The number of nitrogens with zero attached hydrogens (tertiary/aromatic N) is 1. The van der Waals surface area contributed by atoms with E-state index in [-0.39, 0.29) is 12.3 Å². The topological polar surface area (TPSA) is 57.6 Å². The van der Waals surface area contributed by atoms with Crippen LogP contribution in [0.15, 0.2) is 0 Å². The number of carboxylic acid groups (broad SMARTS) is 1. The van der Waals surface area contributed by atoms with Crippen LogP contribution in [0.2, 0.25) is 0 Å². The quantitative estimate of drug-likeness (QED) is 0.833. The fourth-order valence-corrected chi connectivity index (χ4v) is 3.91. The first-order valence-electron chi connectivity index (χ1n) is 7.12. The highest BCUT2D eigenvalue weighted by Crippen LogP contribution is 2.45. The van der Waals surface area contributed by atoms with Gasteiger partial charge in [0.1, 0.15) is 0 Å². The zero-order valence-electron chi connectivity index (χ0n) is 10.7. The second-order valence-electron chi connectivity index (χ2n) is 6.37. The molecular weight excluding hydrogens is 230 g/mol. The lowest BCUT2D eigenvalue weighted by Crippen LogP contribution is -2.43. The van der Waals surface area contributed by atoms with Crippen molar-refractivity contribution in [3.8, 4) is 0 Å². The molecule has 3 aliphatic rings. The average Bonchev–Trinajstić information content (AvgIpc) is 2.81. The standard InChI is InChI=1S/C14H21NO3/c16-12(7-14(13(17)18)5-2-6-14)15-8-10-3-1-4-11(10)9-15/h10-11H,1-9H2,(H,17,18). The van der Waals surface area contributed by atoms with Crippen LogP contribution in [0.1, 0.15) is 44.9 Å². The molecule has 0 aromatic rings. The van der Waals surface area contributed by atoms with Crippen LogP contribution < -0.4 is 0 Å². The SMILES string of the molecule is O=C(CC1(C(=O)O)CCC1)N1CC2CCCC2C1. The number of aliphatic carboxylic acids is 1. The van der Waals surface area contributed by atoms with Gasteiger partial charge in [-0.2, -0.15) is 0 Å². The van der Waals surface area contributed by atoms with Crippen molar-refractivity contribution in [2.75, 3.05) is 13.1 Å². The summed E-state index contributed by atoms with van der Waals surface area (Å²) in [5, 5.41) is 9.27. The number of rotatable bonds is 3. The maximum atomic E-state index is 12.3. The summed E-state index contributed by atoms with van der Waals surface area (Å²) in [4.78, 5) is 25.5. The molecule has 100 valence electrons. The molecular formula is C14H21NO3. The molecule has 4 nitrogen and oxygen atoms in total. The van der Waals surface area contributed by atoms with Gasteiger partial charge >= 0.3 is 5.97 Å². The fourth-order valence-electron chi connectivity index (χ4n) is 3.91. The molecule has 0 spiro atoms. The maximum absolute atomic E-state index is 12.3. The van der Waals surface area contributed by atoms with E-state index >= 15 is 0 Å². The molecule has 3 rings (SSSR count). The third-order valence-electron chi connectivity index (χ3n) is 5.33. The zero-order valence-corrected chi connectivity index (χ0v) is 10.7. The monoisotopic (exact) mass is 251 g/mol. The Morgan fingerprint density at radius 3 is 2.17 bits per heavy atom. The summed E-state index contributed by atoms with van der Waals surface area (Å²) in [6.07, 6.45) is 6.32. The van der Waals surface area contributed by atoms with Crippen LogP contribution in [-0.4, -0.2) is 35.0 Å². The van der Waals surface area contributed by atoms with Gasteiger partial charge in [0.05, 0.1) is 5.41 Å². The average molecular weight is 251 g/mol. The van der Waals surface area contributed by atoms with Crippen LogP contribution in [0.3, 0.4) is 0 Å². The first-order valence-corrected chi connectivity index (χ1v) is 7.12. The molecule has 0 aromatic carbocycles. The third-order valence-corrected chi connectivity index (χ3v) is 5.33. The number of hydrogen-bond donors (Lipinski definition) is 1. The number of fused-ring (bicyclic) bond motifs is 1. The Morgan fingerprint density at radius 2 is 1.72 bits per heavy atom. The largest absolute Gasteiger partial charge is 0.481 e. The van der Waals surface area contributed by atoms with E-state index in [2.05, 4.69) is 0 Å². The summed E-state index contributed by atoms with van der Waals surface area (Å²) < 4.78 is 0. The predicted molar refractivity (Wildman–Crippen MR) is 65.9 cm³/mol. The smallest absolute Gasteiger partial charge is 0.310 e. The molecule has 1 amide bonds. The molecule has 1 N–H and O–H groups in total. The molecule has 0 radical (unpaired) electrons. The van der Waals surface area contributed by atoms with Gasteiger partial charge in [-0.15, -0.1) is 0 Å². The van der Waals surface area contributed by atoms with E-state index in [1.165, 1.54) is 19.3 Å². The van der Waals surface area contributed by atoms with Crippen molar-refractivity contribution in [1.82, 2.24) is 4.90 Å². The summed E-state index contributed by atoms with van der Waals surface area (Å²) in [7, 11) is 0. The van der Waals surface area contributed by atoms with Crippen LogP contribution in [0.4, 0.5) is 0 Å². The Hall–Kier alpha value is -1.06. The van der Waals surface area contributed by atoms with E-state index < -0.39 is 11.4 Å². The van der Waals surface area contributed by atoms with E-state index in [1.54, 1.807) is 0 Å². The summed E-state index contributed by atoms with van der Waals surface area (Å²) >= 11 is 0. The molecule has 1 aliphatic heterocycles. The van der Waals surface area contributed by atoms with Crippen molar-refractivity contribution in [3.63, 3.8) is 0 Å². The predicted octanol–water partition coefficient (Wildman–Crippen LogP) is 1.89. The lowest BCUT2D eigenvalue weighted by atomic mass is 9.66. The van der Waals surface area contributed by atoms with Gasteiger partial charge in [-0.1, -0.05) is 12.8 Å². The normalized spacial score (nSPS) is 33.0. The van der Waals surface area contributed by atoms with Gasteiger partial charge < -0.3 is 10.0 Å². The van der Waals surface area contributed by atoms with Crippen LogP contribution in [0.5, 0.6) is 0 Å². The van der Waals surface area contributed by atoms with Gasteiger partial charge in [-0.25, -0.2) is 0 Å². The molecule has 0 aromatic heterocycles. The first-order chi connectivity index (χ1) is 8.61. The van der Waals surface area contributed by atoms with Crippen molar-refractivity contribution in [1.29, 1.82) is 0 Å². The molecule has 3 fully saturated rings. The summed E-state index contributed by atoms with van der Waals surface area (Å²) in [6.45, 7) is 1.75. The van der Waals surface area contributed by atoms with E-state index in [0.29, 0.717) is 24.7 Å². The van der Waals surface area contributed by atoms with Crippen LogP contribution in [0.25, 0.3) is 0 Å². The van der Waals surface area contributed by atoms with E-state index in [1.807, 2.05) is 4.90 Å². The van der Waals surface area contributed by atoms with E-state index in [0.717, 1.165) is 19.5 Å². The maximum Gasteiger partial charge on any atom is 0.310 e. The van der Waals surface area contributed by atoms with Gasteiger partial charge in [0, 0.05) is 19.5 Å². The minimum atomic E-state index is -0.776. The fraction of sp³-hybridized carbons (Fsp3) is 0.857. The van der Waals surface area contributed by atoms with Gasteiger partial charge in [0.2, 0.25) is 5.91 Å². The van der Waals surface area contributed by atoms with Gasteiger partial charge in [-0.3, -0.25) is 9.59 Å². The van der Waals surface area contributed by atoms with Gasteiger partial charge in [-0.05, 0) is 37.5 Å². The molecule has 2 aliphatic carbocycles. The molecule has 1 saturated heterocycles. The summed E-state index contributed by atoms with van der Waals surface area (Å²) in [5.41, 5.74) is -0.727. The summed E-state index contributed by atoms with van der Waals surface area (Å²) in [5.74, 6) is 0.681.